The van der Waals surface area contributed by atoms with Crippen LogP contribution in [0.2, 0.25) is 0 Å². The van der Waals surface area contributed by atoms with Crippen LogP contribution in [0.25, 0.3) is 0 Å². The van der Waals surface area contributed by atoms with Crippen molar-refractivity contribution in [1.82, 2.24) is 0 Å². The first kappa shape index (κ1) is 12.2. The number of hydrogen-bond donors (Lipinski definition) is 0. The van der Waals surface area contributed by atoms with Crippen molar-refractivity contribution in [3.05, 3.63) is 23.8 Å². The molecule has 1 aromatic rings. The summed E-state index contributed by atoms with van der Waals surface area (Å²) in [4.78, 5) is 0. The first-order valence-electron chi connectivity index (χ1n) is 5.59. The average Bonchev–Trinajstić information content (AvgIpc) is 3.13. The molecular formula is C12H17NO3S. The minimum Gasteiger partial charge on any atom is -0.497 e. The van der Waals surface area contributed by atoms with Gasteiger partial charge in [-0.3, -0.25) is 4.31 Å². The minimum atomic E-state index is -3.19. The predicted octanol–water partition coefficient (Wildman–Crippen LogP) is 1.93. The van der Waals surface area contributed by atoms with Gasteiger partial charge in [-0.25, -0.2) is 8.42 Å². The quantitative estimate of drug-likeness (QED) is 0.826. The summed E-state index contributed by atoms with van der Waals surface area (Å²) in [6, 6.07) is 5.46. The zero-order chi connectivity index (χ0) is 12.6. The van der Waals surface area contributed by atoms with Crippen LogP contribution < -0.4 is 9.04 Å². The molecule has 2 rings (SSSR count). The topological polar surface area (TPSA) is 46.6 Å². The first-order valence-corrected chi connectivity index (χ1v) is 7.09. The third kappa shape index (κ3) is 2.24. The highest BCUT2D eigenvalue weighted by molar-refractivity contribution is 7.93. The summed E-state index contributed by atoms with van der Waals surface area (Å²) in [5, 5.41) is -0.196. The van der Waals surface area contributed by atoms with Crippen LogP contribution in [-0.4, -0.2) is 27.8 Å². The molecule has 0 saturated heterocycles. The molecule has 0 spiro atoms. The van der Waals surface area contributed by atoms with Gasteiger partial charge in [0, 0.05) is 13.1 Å². The first-order chi connectivity index (χ1) is 7.96. The number of rotatable bonds is 4. The smallest absolute Gasteiger partial charge is 0.237 e. The summed E-state index contributed by atoms with van der Waals surface area (Å²) >= 11 is 0. The van der Waals surface area contributed by atoms with E-state index in [1.54, 1.807) is 20.2 Å². The molecule has 0 atom stereocenters. The van der Waals surface area contributed by atoms with E-state index in [0.717, 1.165) is 18.4 Å². The number of benzene rings is 1. The third-order valence-electron chi connectivity index (χ3n) is 3.08. The molecule has 0 N–H and O–H groups in total. The fourth-order valence-corrected chi connectivity index (χ4v) is 3.43. The highest BCUT2D eigenvalue weighted by atomic mass is 32.2. The van der Waals surface area contributed by atoms with Crippen molar-refractivity contribution >= 4 is 15.7 Å². The summed E-state index contributed by atoms with van der Waals surface area (Å²) < 4.78 is 30.8. The predicted molar refractivity (Wildman–Crippen MR) is 68.1 cm³/mol. The Morgan fingerprint density at radius 2 is 2.00 bits per heavy atom. The SMILES string of the molecule is COc1ccc(C)c(N(C)S(=O)(=O)C2CC2)c1. The molecule has 0 radical (unpaired) electrons. The van der Waals surface area contributed by atoms with Gasteiger partial charge in [-0.1, -0.05) is 6.07 Å². The number of nitrogens with zero attached hydrogens (tertiary/aromatic N) is 1. The van der Waals surface area contributed by atoms with Crippen LogP contribution in [0.3, 0.4) is 0 Å². The Morgan fingerprint density at radius 1 is 1.35 bits per heavy atom. The van der Waals surface area contributed by atoms with Gasteiger partial charge in [-0.15, -0.1) is 0 Å². The normalized spacial score (nSPS) is 15.7. The van der Waals surface area contributed by atoms with Crippen molar-refractivity contribution < 1.29 is 13.2 Å². The number of ether oxygens (including phenoxy) is 1. The van der Waals surface area contributed by atoms with E-state index in [0.29, 0.717) is 11.4 Å². The van der Waals surface area contributed by atoms with Crippen LogP contribution in [0.1, 0.15) is 18.4 Å². The zero-order valence-corrected chi connectivity index (χ0v) is 11.1. The Balaban J connectivity index is 2.39. The lowest BCUT2D eigenvalue weighted by Gasteiger charge is -2.21. The fourth-order valence-electron chi connectivity index (χ4n) is 1.78. The molecule has 5 heteroatoms. The van der Waals surface area contributed by atoms with Crippen molar-refractivity contribution in [2.24, 2.45) is 0 Å². The molecule has 94 valence electrons. The maximum atomic E-state index is 12.1. The van der Waals surface area contributed by atoms with Gasteiger partial charge >= 0.3 is 0 Å². The van der Waals surface area contributed by atoms with E-state index in [4.69, 9.17) is 4.74 Å². The Morgan fingerprint density at radius 3 is 2.53 bits per heavy atom. The van der Waals surface area contributed by atoms with E-state index >= 15 is 0 Å². The Bertz CT molecular complexity index is 521. The molecule has 1 aliphatic carbocycles. The zero-order valence-electron chi connectivity index (χ0n) is 10.3. The van der Waals surface area contributed by atoms with Crippen LogP contribution >= 0.6 is 0 Å². The van der Waals surface area contributed by atoms with E-state index in [2.05, 4.69) is 0 Å². The third-order valence-corrected chi connectivity index (χ3v) is 5.36. The second kappa shape index (κ2) is 4.22. The molecule has 0 amide bonds. The molecule has 0 unspecified atom stereocenters. The molecule has 1 aliphatic rings. The molecule has 4 nitrogen and oxygen atoms in total. The van der Waals surface area contributed by atoms with Gasteiger partial charge in [-0.2, -0.15) is 0 Å². The maximum absolute atomic E-state index is 12.1. The summed E-state index contributed by atoms with van der Waals surface area (Å²) in [6.45, 7) is 1.90. The van der Waals surface area contributed by atoms with Gasteiger partial charge in [0.15, 0.2) is 0 Å². The molecular weight excluding hydrogens is 238 g/mol. The number of methoxy groups -OCH3 is 1. The Kier molecular flexibility index (Phi) is 3.03. The number of hydrogen-bond acceptors (Lipinski definition) is 3. The molecule has 1 saturated carbocycles. The van der Waals surface area contributed by atoms with Crippen molar-refractivity contribution in [3.8, 4) is 5.75 Å². The Hall–Kier alpha value is -1.23. The van der Waals surface area contributed by atoms with Crippen LogP contribution in [0.15, 0.2) is 18.2 Å². The second-order valence-corrected chi connectivity index (χ2v) is 6.61. The molecule has 0 bridgehead atoms. The van der Waals surface area contributed by atoms with Gasteiger partial charge < -0.3 is 4.74 Å². The molecule has 0 heterocycles. The largest absolute Gasteiger partial charge is 0.497 e. The van der Waals surface area contributed by atoms with Crippen molar-refractivity contribution in [3.63, 3.8) is 0 Å². The summed E-state index contributed by atoms with van der Waals surface area (Å²) in [5.74, 6) is 0.670. The summed E-state index contributed by atoms with van der Waals surface area (Å²) in [6.07, 6.45) is 1.55. The lowest BCUT2D eigenvalue weighted by Crippen LogP contribution is -2.30. The molecule has 1 fully saturated rings. The van der Waals surface area contributed by atoms with E-state index in [1.807, 2.05) is 19.1 Å². The van der Waals surface area contributed by atoms with Crippen LogP contribution in [0.5, 0.6) is 5.75 Å². The van der Waals surface area contributed by atoms with Crippen LogP contribution in [0, 0.1) is 6.92 Å². The van der Waals surface area contributed by atoms with Crippen molar-refractivity contribution in [2.75, 3.05) is 18.5 Å². The van der Waals surface area contributed by atoms with Gasteiger partial charge in [0.25, 0.3) is 0 Å². The molecule has 0 aliphatic heterocycles. The second-order valence-electron chi connectivity index (χ2n) is 4.36. The molecule has 17 heavy (non-hydrogen) atoms. The highest BCUT2D eigenvalue weighted by Gasteiger charge is 2.39. The fraction of sp³-hybridized carbons (Fsp3) is 0.500. The molecule has 0 aromatic heterocycles. The summed E-state index contributed by atoms with van der Waals surface area (Å²) in [7, 11) is -0.00872. The van der Waals surface area contributed by atoms with Crippen LogP contribution in [0.4, 0.5) is 5.69 Å². The maximum Gasteiger partial charge on any atom is 0.237 e. The number of aryl methyl sites for hydroxylation is 1. The van der Waals surface area contributed by atoms with E-state index in [9.17, 15) is 8.42 Å². The van der Waals surface area contributed by atoms with E-state index in [1.165, 1.54) is 4.31 Å². The van der Waals surface area contributed by atoms with Gasteiger partial charge in [0.05, 0.1) is 18.0 Å². The highest BCUT2D eigenvalue weighted by Crippen LogP contribution is 2.34. The monoisotopic (exact) mass is 255 g/mol. The standard InChI is InChI=1S/C12H17NO3S/c1-9-4-5-10(16-3)8-12(9)13(2)17(14,15)11-6-7-11/h4-5,8,11H,6-7H2,1-3H3. The number of sulfonamides is 1. The van der Waals surface area contributed by atoms with Crippen LogP contribution in [-0.2, 0) is 10.0 Å². The van der Waals surface area contributed by atoms with Crippen molar-refractivity contribution in [2.45, 2.75) is 25.0 Å². The lowest BCUT2D eigenvalue weighted by molar-refractivity contribution is 0.415. The van der Waals surface area contributed by atoms with Gasteiger partial charge in [-0.05, 0) is 31.4 Å². The summed E-state index contributed by atoms with van der Waals surface area (Å²) in [5.41, 5.74) is 1.62. The lowest BCUT2D eigenvalue weighted by atomic mass is 10.2. The van der Waals surface area contributed by atoms with E-state index in [-0.39, 0.29) is 5.25 Å². The number of anilines is 1. The minimum absolute atomic E-state index is 0.196. The van der Waals surface area contributed by atoms with E-state index < -0.39 is 10.0 Å². The van der Waals surface area contributed by atoms with Crippen molar-refractivity contribution in [1.29, 1.82) is 0 Å². The molecule has 1 aromatic carbocycles. The average molecular weight is 255 g/mol. The van der Waals surface area contributed by atoms with Gasteiger partial charge in [0.1, 0.15) is 5.75 Å². The Labute approximate surface area is 102 Å². The van der Waals surface area contributed by atoms with Gasteiger partial charge in [0.2, 0.25) is 10.0 Å².